The Morgan fingerprint density at radius 1 is 1.02 bits per heavy atom. The second-order valence-electron chi connectivity index (χ2n) is 16.1. The molecule has 3 aliphatic heterocycles. The van der Waals surface area contributed by atoms with Gasteiger partial charge in [-0.1, -0.05) is 44.0 Å². The third-order valence-corrected chi connectivity index (χ3v) is 15.0. The SMILES string of the molecule is CCCOC(=O)[C@H](C)NP(=O)(Oc1ccccc1)C(F)c1ccc2sc(C(=O)NC3CCCC[C@H]4CC[C@@H](C(=O)N5C[C@H](c6ccn(C)c(=O)c6)[C@@H](C#N)C5)N4C3=O)cc2c1. The quantitative estimate of drug-likeness (QED) is 0.110. The van der Waals surface area contributed by atoms with Crippen molar-refractivity contribution in [3.63, 3.8) is 0 Å². The van der Waals surface area contributed by atoms with Crippen molar-refractivity contribution in [3.05, 3.63) is 99.3 Å². The van der Waals surface area contributed by atoms with Crippen molar-refractivity contribution in [1.29, 1.82) is 5.26 Å². The van der Waals surface area contributed by atoms with Gasteiger partial charge >= 0.3 is 13.5 Å². The van der Waals surface area contributed by atoms with Crippen LogP contribution in [0.4, 0.5) is 4.39 Å². The fraction of sp³-hybridized carbons (Fsp3) is 0.455. The van der Waals surface area contributed by atoms with Gasteiger partial charge in [0, 0.05) is 49.1 Å². The molecular weight excluding hydrogens is 823 g/mol. The van der Waals surface area contributed by atoms with Crippen molar-refractivity contribution in [3.8, 4) is 11.8 Å². The van der Waals surface area contributed by atoms with E-state index in [2.05, 4.69) is 16.5 Å². The molecule has 3 unspecified atom stereocenters. The van der Waals surface area contributed by atoms with Gasteiger partial charge in [-0.2, -0.15) is 5.26 Å². The maximum Gasteiger partial charge on any atom is 0.355 e. The molecule has 2 aromatic heterocycles. The van der Waals surface area contributed by atoms with Crippen LogP contribution in [-0.4, -0.2) is 81.9 Å². The molecule has 17 heteroatoms. The fourth-order valence-electron chi connectivity index (χ4n) is 8.54. The molecule has 4 aromatic rings. The Bertz CT molecular complexity index is 2440. The number of aromatic nitrogens is 1. The van der Waals surface area contributed by atoms with E-state index in [9.17, 15) is 33.8 Å². The Hall–Kier alpha value is -5.36. The molecule has 3 saturated heterocycles. The van der Waals surface area contributed by atoms with Crippen molar-refractivity contribution in [2.24, 2.45) is 13.0 Å². The molecular formula is C44H50FN6O8PS. The van der Waals surface area contributed by atoms with Gasteiger partial charge in [0.25, 0.3) is 11.5 Å². The molecule has 0 aliphatic carbocycles. The first-order chi connectivity index (χ1) is 29.3. The number of aryl methyl sites for hydroxylation is 1. The van der Waals surface area contributed by atoms with Crippen LogP contribution in [-0.2, 0) is 30.7 Å². The minimum Gasteiger partial charge on any atom is -0.465 e. The van der Waals surface area contributed by atoms with E-state index in [0.29, 0.717) is 47.8 Å². The molecule has 3 aliphatic rings. The molecule has 2 N–H and O–H groups in total. The van der Waals surface area contributed by atoms with Crippen molar-refractivity contribution in [2.45, 2.75) is 94.8 Å². The summed E-state index contributed by atoms with van der Waals surface area (Å²) in [7, 11) is -2.82. The van der Waals surface area contributed by atoms with Crippen molar-refractivity contribution >= 4 is 52.6 Å². The monoisotopic (exact) mass is 872 g/mol. The lowest BCUT2D eigenvalue weighted by Gasteiger charge is -2.36. The van der Waals surface area contributed by atoms with E-state index >= 15 is 4.39 Å². The molecule has 0 saturated carbocycles. The van der Waals surface area contributed by atoms with E-state index in [0.717, 1.165) is 24.2 Å². The summed E-state index contributed by atoms with van der Waals surface area (Å²) >= 11 is 1.16. The molecule has 7 rings (SSSR count). The van der Waals surface area contributed by atoms with E-state index in [4.69, 9.17) is 9.26 Å². The number of hydrogen-bond donors (Lipinski definition) is 2. The third-order valence-electron chi connectivity index (χ3n) is 11.8. The van der Waals surface area contributed by atoms with Crippen LogP contribution in [0.5, 0.6) is 5.75 Å². The van der Waals surface area contributed by atoms with Crippen LogP contribution in [0.15, 0.2) is 77.7 Å². The van der Waals surface area contributed by atoms with Crippen LogP contribution in [0.2, 0.25) is 0 Å². The number of alkyl halides is 1. The zero-order chi connectivity index (χ0) is 43.4. The molecule has 14 nitrogen and oxygen atoms in total. The minimum absolute atomic E-state index is 0.00238. The molecule has 5 heterocycles. The summed E-state index contributed by atoms with van der Waals surface area (Å²) in [5.41, 5.74) is 0.503. The number of halogens is 1. The highest BCUT2D eigenvalue weighted by atomic mass is 32.1. The molecule has 3 amide bonds. The van der Waals surface area contributed by atoms with Gasteiger partial charge in [-0.05, 0) is 91.9 Å². The number of likely N-dealkylation sites (tertiary alicyclic amines) is 1. The lowest BCUT2D eigenvalue weighted by Crippen LogP contribution is -2.56. The average molecular weight is 873 g/mol. The summed E-state index contributed by atoms with van der Waals surface area (Å²) in [6, 6.07) is 16.9. The van der Waals surface area contributed by atoms with Gasteiger partial charge in [0.2, 0.25) is 17.7 Å². The molecule has 322 valence electrons. The number of pyridine rings is 1. The number of carbonyl (C=O) groups excluding carboxylic acids is 4. The highest BCUT2D eigenvalue weighted by molar-refractivity contribution is 7.57. The summed E-state index contributed by atoms with van der Waals surface area (Å²) in [4.78, 5) is 71.0. The van der Waals surface area contributed by atoms with Crippen molar-refractivity contribution in [2.75, 3.05) is 19.7 Å². The Kier molecular flexibility index (Phi) is 13.4. The predicted molar refractivity (Wildman–Crippen MR) is 228 cm³/mol. The number of esters is 1. The zero-order valence-corrected chi connectivity index (χ0v) is 36.0. The Morgan fingerprint density at radius 3 is 2.52 bits per heavy atom. The number of nitriles is 1. The highest BCUT2D eigenvalue weighted by Crippen LogP contribution is 2.58. The van der Waals surface area contributed by atoms with Crippen LogP contribution in [0.1, 0.15) is 91.4 Å². The largest absolute Gasteiger partial charge is 0.465 e. The number of nitrogens with zero attached hydrogens (tertiary/aromatic N) is 4. The topological polar surface area (TPSA) is 180 Å². The fourth-order valence-corrected chi connectivity index (χ4v) is 11.4. The smallest absolute Gasteiger partial charge is 0.355 e. The zero-order valence-electron chi connectivity index (χ0n) is 34.3. The Morgan fingerprint density at radius 2 is 1.79 bits per heavy atom. The van der Waals surface area contributed by atoms with Crippen LogP contribution in [0.3, 0.4) is 0 Å². The molecule has 3 fully saturated rings. The van der Waals surface area contributed by atoms with Crippen LogP contribution < -0.4 is 20.5 Å². The van der Waals surface area contributed by atoms with Crippen LogP contribution in [0.25, 0.3) is 10.1 Å². The number of hydrogen-bond acceptors (Lipinski definition) is 10. The maximum absolute atomic E-state index is 16.5. The summed E-state index contributed by atoms with van der Waals surface area (Å²) in [6.07, 6.45) is 5.98. The first kappa shape index (κ1) is 43.7. The van der Waals surface area contributed by atoms with Crippen LogP contribution >= 0.6 is 18.9 Å². The number of amides is 3. The Labute approximate surface area is 357 Å². The first-order valence-corrected chi connectivity index (χ1v) is 23.3. The van der Waals surface area contributed by atoms with E-state index in [1.54, 1.807) is 59.4 Å². The summed E-state index contributed by atoms with van der Waals surface area (Å²) in [5.74, 6) is -4.68. The number of para-hydroxylation sites is 1. The van der Waals surface area contributed by atoms with Crippen molar-refractivity contribution < 1.29 is 37.4 Å². The van der Waals surface area contributed by atoms with E-state index < -0.39 is 49.4 Å². The second-order valence-corrected chi connectivity index (χ2v) is 19.2. The van der Waals surface area contributed by atoms with Gasteiger partial charge in [0.05, 0.1) is 23.5 Å². The lowest BCUT2D eigenvalue weighted by atomic mass is 9.91. The number of ether oxygens (including phenoxy) is 1. The molecule has 0 spiro atoms. The first-order valence-electron chi connectivity index (χ1n) is 20.7. The average Bonchev–Trinajstić information content (AvgIpc) is 4.00. The summed E-state index contributed by atoms with van der Waals surface area (Å²) in [6.45, 7) is 3.85. The lowest BCUT2D eigenvalue weighted by molar-refractivity contribution is -0.146. The van der Waals surface area contributed by atoms with Gasteiger partial charge in [-0.3, -0.25) is 28.5 Å². The van der Waals surface area contributed by atoms with Crippen LogP contribution in [0, 0.1) is 17.2 Å². The number of benzene rings is 2. The number of nitrogens with one attached hydrogen (secondary N) is 2. The second kappa shape index (κ2) is 18.7. The van der Waals surface area contributed by atoms with E-state index in [1.807, 2.05) is 6.92 Å². The number of rotatable bonds is 13. The van der Waals surface area contributed by atoms with Gasteiger partial charge in [-0.15, -0.1) is 11.3 Å². The highest BCUT2D eigenvalue weighted by Gasteiger charge is 2.48. The normalized spacial score (nSPS) is 23.5. The molecule has 0 radical (unpaired) electrons. The van der Waals surface area contributed by atoms with Gasteiger partial charge in [0.1, 0.15) is 23.9 Å². The summed E-state index contributed by atoms with van der Waals surface area (Å²) in [5, 5.41) is 16.0. The summed E-state index contributed by atoms with van der Waals surface area (Å²) < 4.78 is 43.9. The van der Waals surface area contributed by atoms with E-state index in [1.165, 1.54) is 41.8 Å². The number of thiophene rings is 1. The molecule has 8 atom stereocenters. The number of carbonyl (C=O) groups is 4. The van der Waals surface area contributed by atoms with Gasteiger partial charge in [-0.25, -0.2) is 9.48 Å². The maximum atomic E-state index is 16.5. The standard InChI is InChI=1S/C44H50FN6O8PS/c1-4-20-58-44(56)27(2)48-60(57,59-33-11-6-5-7-12-33)40(45)29-14-17-37-30(21-29)22-38(61-37)41(53)47-35-13-9-8-10-32-15-16-36(51(32)42(35)54)43(55)50-25-31(24-46)34(26-50)28-18-19-49(3)39(52)23-28/h5-7,11-12,14,17-19,21-23,27,31-32,34-36,40H,4,8-10,13,15-16,20,25-26H2,1-3H3,(H,47,53)(H,48,57)/t27-,31-,32-,34+,35?,36-,40?,60?/m0/s1. The molecule has 0 bridgehead atoms. The number of fused-ring (bicyclic) bond motifs is 2. The van der Waals surface area contributed by atoms with Gasteiger partial charge < -0.3 is 28.9 Å². The van der Waals surface area contributed by atoms with E-state index in [-0.39, 0.29) is 65.2 Å². The molecule has 2 aromatic carbocycles. The van der Waals surface area contributed by atoms with Gasteiger partial charge in [0.15, 0.2) is 0 Å². The molecule has 61 heavy (non-hydrogen) atoms. The minimum atomic E-state index is -4.47. The van der Waals surface area contributed by atoms with Crippen molar-refractivity contribution in [1.82, 2.24) is 24.8 Å². The third kappa shape index (κ3) is 9.44. The Balaban J connectivity index is 1.07. The predicted octanol–water partition coefficient (Wildman–Crippen LogP) is 6.57.